The van der Waals surface area contributed by atoms with Gasteiger partial charge in [0.05, 0.1) is 11.5 Å². The van der Waals surface area contributed by atoms with Crippen molar-refractivity contribution in [2.75, 3.05) is 6.61 Å². The summed E-state index contributed by atoms with van der Waals surface area (Å²) in [6.45, 7) is 10.3. The van der Waals surface area contributed by atoms with Crippen LogP contribution in [0, 0.1) is 5.41 Å². The molecule has 1 rings (SSSR count). The molecule has 0 saturated carbocycles. The molecule has 0 aliphatic carbocycles. The summed E-state index contributed by atoms with van der Waals surface area (Å²) < 4.78 is 10.5. The van der Waals surface area contributed by atoms with Crippen LogP contribution in [0.1, 0.15) is 53.2 Å². The van der Waals surface area contributed by atoms with E-state index in [1.165, 1.54) is 0 Å². The van der Waals surface area contributed by atoms with Gasteiger partial charge in [-0.15, -0.1) is 0 Å². The summed E-state index contributed by atoms with van der Waals surface area (Å²) in [5.41, 5.74) is -0.738. The van der Waals surface area contributed by atoms with Crippen LogP contribution in [0.2, 0.25) is 0 Å². The van der Waals surface area contributed by atoms with Gasteiger partial charge in [-0.3, -0.25) is 4.79 Å². The fraction of sp³-hybridized carbons (Fsp3) is 0.579. The number of aliphatic hydroxyl groups excluding tert-OH is 1. The summed E-state index contributed by atoms with van der Waals surface area (Å²) in [6, 6.07) is 8.03. The lowest BCUT2D eigenvalue weighted by atomic mass is 9.97. The van der Waals surface area contributed by atoms with E-state index in [-0.39, 0.29) is 6.61 Å². The number of carbonyl (C=O) groups excluding carboxylic acids is 2. The van der Waals surface area contributed by atoms with Gasteiger partial charge in [0.25, 0.3) is 0 Å². The van der Waals surface area contributed by atoms with Gasteiger partial charge < -0.3 is 19.9 Å². The van der Waals surface area contributed by atoms with Crippen molar-refractivity contribution in [1.82, 2.24) is 5.32 Å². The van der Waals surface area contributed by atoms with Gasteiger partial charge in [0.2, 0.25) is 0 Å². The van der Waals surface area contributed by atoms with Crippen LogP contribution in [0.4, 0.5) is 4.79 Å². The molecule has 0 aliphatic heterocycles. The maximum atomic E-state index is 12.1. The summed E-state index contributed by atoms with van der Waals surface area (Å²) in [7, 11) is 0. The van der Waals surface area contributed by atoms with Gasteiger partial charge in [0, 0.05) is 0 Å². The molecular weight excluding hydrogens is 322 g/mol. The maximum absolute atomic E-state index is 12.1. The number of ether oxygens (including phenoxy) is 2. The van der Waals surface area contributed by atoms with E-state index in [2.05, 4.69) is 5.32 Å². The molecular formula is C19H29NO5. The third-order valence-corrected chi connectivity index (χ3v) is 3.23. The van der Waals surface area contributed by atoms with Gasteiger partial charge in [-0.2, -0.15) is 0 Å². The van der Waals surface area contributed by atoms with Gasteiger partial charge in [-0.05, 0) is 47.1 Å². The smallest absolute Gasteiger partial charge is 0.408 e. The molecule has 0 heterocycles. The lowest BCUT2D eigenvalue weighted by Crippen LogP contribution is -2.45. The van der Waals surface area contributed by atoms with E-state index in [1.54, 1.807) is 65.8 Å². The highest BCUT2D eigenvalue weighted by Crippen LogP contribution is 2.20. The van der Waals surface area contributed by atoms with Crippen LogP contribution in [-0.4, -0.2) is 35.4 Å². The number of nitrogens with one attached hydrogen (secondary N) is 1. The molecule has 1 aromatic carbocycles. The SMILES string of the molecule is CC(C)(C)OC(=O)N[C@H](COC(=O)C(C)(C)C)C(O)c1ccccc1. The number of aliphatic hydroxyl groups is 1. The summed E-state index contributed by atoms with van der Waals surface area (Å²) in [5, 5.41) is 13.2. The number of benzene rings is 1. The van der Waals surface area contributed by atoms with E-state index in [0.717, 1.165) is 0 Å². The molecule has 1 unspecified atom stereocenters. The Balaban J connectivity index is 2.86. The highest BCUT2D eigenvalue weighted by Gasteiger charge is 2.29. The molecule has 1 aromatic rings. The lowest BCUT2D eigenvalue weighted by molar-refractivity contribution is -0.154. The molecule has 1 amide bonds. The Morgan fingerprint density at radius 3 is 2.12 bits per heavy atom. The molecule has 140 valence electrons. The zero-order chi connectivity index (χ0) is 19.3. The molecule has 0 spiro atoms. The number of rotatable bonds is 5. The molecule has 2 atom stereocenters. The van der Waals surface area contributed by atoms with Crippen molar-refractivity contribution in [2.24, 2.45) is 5.41 Å². The molecule has 0 saturated heterocycles. The maximum Gasteiger partial charge on any atom is 0.408 e. The third-order valence-electron chi connectivity index (χ3n) is 3.23. The average Bonchev–Trinajstić information content (AvgIpc) is 2.48. The summed E-state index contributed by atoms with van der Waals surface area (Å²) in [5.74, 6) is -0.413. The fourth-order valence-electron chi connectivity index (χ4n) is 1.94. The van der Waals surface area contributed by atoms with Crippen LogP contribution >= 0.6 is 0 Å². The van der Waals surface area contributed by atoms with E-state index >= 15 is 0 Å². The number of carbonyl (C=O) groups is 2. The molecule has 6 nitrogen and oxygen atoms in total. The number of hydrogen-bond donors (Lipinski definition) is 2. The van der Waals surface area contributed by atoms with Gasteiger partial charge >= 0.3 is 12.1 Å². The first-order valence-electron chi connectivity index (χ1n) is 8.30. The van der Waals surface area contributed by atoms with E-state index < -0.39 is 35.2 Å². The van der Waals surface area contributed by atoms with E-state index in [1.807, 2.05) is 6.07 Å². The topological polar surface area (TPSA) is 84.9 Å². The largest absolute Gasteiger partial charge is 0.463 e. The minimum Gasteiger partial charge on any atom is -0.463 e. The zero-order valence-electron chi connectivity index (χ0n) is 15.8. The van der Waals surface area contributed by atoms with Gasteiger partial charge in [-0.1, -0.05) is 30.3 Å². The Hall–Kier alpha value is -2.08. The molecule has 0 aliphatic rings. The molecule has 2 N–H and O–H groups in total. The normalized spacial score (nSPS) is 14.4. The molecule has 25 heavy (non-hydrogen) atoms. The Labute approximate surface area is 149 Å². The molecule has 0 aromatic heterocycles. The first-order chi connectivity index (χ1) is 11.4. The van der Waals surface area contributed by atoms with Crippen molar-refractivity contribution in [2.45, 2.75) is 59.3 Å². The standard InChI is InChI=1S/C19H29NO5/c1-18(2,3)16(22)24-12-14(20-17(23)25-19(4,5)6)15(21)13-10-8-7-9-11-13/h7-11,14-15,21H,12H2,1-6H3,(H,20,23)/t14-,15?/m1/s1. The monoisotopic (exact) mass is 351 g/mol. The highest BCUT2D eigenvalue weighted by molar-refractivity contribution is 5.75. The van der Waals surface area contributed by atoms with Crippen molar-refractivity contribution in [1.29, 1.82) is 0 Å². The van der Waals surface area contributed by atoms with E-state index in [4.69, 9.17) is 9.47 Å². The second-order valence-electron chi connectivity index (χ2n) is 7.96. The van der Waals surface area contributed by atoms with Crippen LogP contribution in [0.25, 0.3) is 0 Å². The van der Waals surface area contributed by atoms with Crippen LogP contribution < -0.4 is 5.32 Å². The Morgan fingerprint density at radius 2 is 1.64 bits per heavy atom. The van der Waals surface area contributed by atoms with Crippen LogP contribution in [0.5, 0.6) is 0 Å². The third kappa shape index (κ3) is 7.56. The van der Waals surface area contributed by atoms with E-state index in [9.17, 15) is 14.7 Å². The van der Waals surface area contributed by atoms with Crippen molar-refractivity contribution in [3.05, 3.63) is 35.9 Å². The predicted molar refractivity (Wildman–Crippen MR) is 95.0 cm³/mol. The number of alkyl carbamates (subject to hydrolysis) is 1. The predicted octanol–water partition coefficient (Wildman–Crippen LogP) is 3.20. The van der Waals surface area contributed by atoms with Gasteiger partial charge in [-0.25, -0.2) is 4.79 Å². The number of hydrogen-bond acceptors (Lipinski definition) is 5. The Morgan fingerprint density at radius 1 is 1.08 bits per heavy atom. The minimum absolute atomic E-state index is 0.161. The van der Waals surface area contributed by atoms with Crippen LogP contribution in [-0.2, 0) is 14.3 Å². The average molecular weight is 351 g/mol. The number of esters is 1. The molecule has 0 radical (unpaired) electrons. The quantitative estimate of drug-likeness (QED) is 0.796. The number of amides is 1. The van der Waals surface area contributed by atoms with Gasteiger partial charge in [0.15, 0.2) is 0 Å². The van der Waals surface area contributed by atoms with E-state index in [0.29, 0.717) is 5.56 Å². The Bertz CT molecular complexity index is 572. The summed E-state index contributed by atoms with van der Waals surface area (Å²) >= 11 is 0. The van der Waals surface area contributed by atoms with Crippen molar-refractivity contribution in [3.8, 4) is 0 Å². The zero-order valence-corrected chi connectivity index (χ0v) is 15.8. The second-order valence-corrected chi connectivity index (χ2v) is 7.96. The van der Waals surface area contributed by atoms with Crippen molar-refractivity contribution in [3.63, 3.8) is 0 Å². The molecule has 0 bridgehead atoms. The Kier molecular flexibility index (Phi) is 6.99. The van der Waals surface area contributed by atoms with Crippen molar-refractivity contribution >= 4 is 12.1 Å². The molecule has 6 heteroatoms. The van der Waals surface area contributed by atoms with Crippen LogP contribution in [0.3, 0.4) is 0 Å². The first-order valence-corrected chi connectivity index (χ1v) is 8.30. The summed E-state index contributed by atoms with van der Waals surface area (Å²) in [4.78, 5) is 24.1. The van der Waals surface area contributed by atoms with Crippen molar-refractivity contribution < 1.29 is 24.2 Å². The first kappa shape index (κ1) is 21.0. The van der Waals surface area contributed by atoms with Crippen LogP contribution in [0.15, 0.2) is 30.3 Å². The van der Waals surface area contributed by atoms with Gasteiger partial charge in [0.1, 0.15) is 18.3 Å². The highest BCUT2D eigenvalue weighted by atomic mass is 16.6. The molecule has 0 fully saturated rings. The lowest BCUT2D eigenvalue weighted by Gasteiger charge is -2.27. The fourth-order valence-corrected chi connectivity index (χ4v) is 1.94. The second kappa shape index (κ2) is 8.34. The minimum atomic E-state index is -1.04. The summed E-state index contributed by atoms with van der Waals surface area (Å²) in [6.07, 6.45) is -1.72.